The van der Waals surface area contributed by atoms with E-state index >= 15 is 0 Å². The van der Waals surface area contributed by atoms with Crippen LogP contribution < -0.4 is 5.73 Å². The first kappa shape index (κ1) is 17.1. The molecule has 1 aromatic heterocycles. The molecule has 0 saturated carbocycles. The van der Waals surface area contributed by atoms with Gasteiger partial charge in [0.15, 0.2) is 0 Å². The average molecular weight is 336 g/mol. The van der Waals surface area contributed by atoms with Crippen molar-refractivity contribution in [2.45, 2.75) is 19.8 Å². The van der Waals surface area contributed by atoms with Gasteiger partial charge in [-0.05, 0) is 41.6 Å². The molecule has 1 heterocycles. The van der Waals surface area contributed by atoms with E-state index in [-0.39, 0.29) is 29.7 Å². The quantitative estimate of drug-likeness (QED) is 0.738. The van der Waals surface area contributed by atoms with Gasteiger partial charge in [-0.15, -0.1) is 12.4 Å². The minimum absolute atomic E-state index is 0. The third kappa shape index (κ3) is 3.24. The fourth-order valence-corrected chi connectivity index (χ4v) is 2.43. The number of benzene rings is 2. The van der Waals surface area contributed by atoms with Gasteiger partial charge in [-0.2, -0.15) is 0 Å². The van der Waals surface area contributed by atoms with E-state index in [0.717, 1.165) is 5.69 Å². The maximum absolute atomic E-state index is 13.9. The molecule has 0 aliphatic rings. The molecule has 0 amide bonds. The maximum atomic E-state index is 13.9. The van der Waals surface area contributed by atoms with Crippen LogP contribution in [0.5, 0.6) is 0 Å². The Bertz CT molecular complexity index is 866. The van der Waals surface area contributed by atoms with Crippen LogP contribution in [0.3, 0.4) is 0 Å². The summed E-state index contributed by atoms with van der Waals surface area (Å²) in [4.78, 5) is 8.44. The van der Waals surface area contributed by atoms with E-state index in [0.29, 0.717) is 16.6 Å². The molecule has 2 aromatic carbocycles. The number of halogens is 3. The second-order valence-electron chi connectivity index (χ2n) is 5.48. The van der Waals surface area contributed by atoms with Crippen LogP contribution in [0.4, 0.5) is 14.7 Å². The van der Waals surface area contributed by atoms with Crippen LogP contribution in [0.25, 0.3) is 22.0 Å². The van der Waals surface area contributed by atoms with Crippen molar-refractivity contribution in [3.63, 3.8) is 0 Å². The monoisotopic (exact) mass is 335 g/mol. The Morgan fingerprint density at radius 1 is 0.957 bits per heavy atom. The Morgan fingerprint density at radius 3 is 2.39 bits per heavy atom. The molecule has 3 nitrogen and oxygen atoms in total. The summed E-state index contributed by atoms with van der Waals surface area (Å²) in [5.41, 5.74) is 7.89. The van der Waals surface area contributed by atoms with E-state index in [9.17, 15) is 8.78 Å². The summed E-state index contributed by atoms with van der Waals surface area (Å²) in [5, 5.41) is 0.815. The third-order valence-corrected chi connectivity index (χ3v) is 3.56. The normalized spacial score (nSPS) is 10.8. The molecule has 0 fully saturated rings. The van der Waals surface area contributed by atoms with Gasteiger partial charge in [-0.3, -0.25) is 0 Å². The number of hydrogen-bond acceptors (Lipinski definition) is 3. The predicted molar refractivity (Wildman–Crippen MR) is 90.6 cm³/mol. The standard InChI is InChI=1S/C17H15F2N3.ClH/c1-9(2)15-8-16(22-17(20)21-15)12-5-6-14(19)13-7-10(18)3-4-11(12)13;/h3-9H,1-2H3,(H2,20,21,22);1H. The van der Waals surface area contributed by atoms with E-state index in [1.54, 1.807) is 12.1 Å². The highest BCUT2D eigenvalue weighted by Crippen LogP contribution is 2.31. The summed E-state index contributed by atoms with van der Waals surface area (Å²) in [6.45, 7) is 4.01. The van der Waals surface area contributed by atoms with Gasteiger partial charge in [-0.25, -0.2) is 18.7 Å². The molecule has 3 aromatic rings. The summed E-state index contributed by atoms with van der Waals surface area (Å²) >= 11 is 0. The van der Waals surface area contributed by atoms with E-state index in [4.69, 9.17) is 5.73 Å². The number of nitrogens with two attached hydrogens (primary N) is 1. The minimum atomic E-state index is -0.478. The average Bonchev–Trinajstić information content (AvgIpc) is 2.47. The highest BCUT2D eigenvalue weighted by molar-refractivity contribution is 5.96. The van der Waals surface area contributed by atoms with Gasteiger partial charge in [0.2, 0.25) is 5.95 Å². The minimum Gasteiger partial charge on any atom is -0.368 e. The van der Waals surface area contributed by atoms with Crippen molar-refractivity contribution < 1.29 is 8.78 Å². The van der Waals surface area contributed by atoms with Crippen LogP contribution in [0, 0.1) is 11.6 Å². The molecular weight excluding hydrogens is 320 g/mol. The lowest BCUT2D eigenvalue weighted by molar-refractivity contribution is 0.622. The fraction of sp³-hybridized carbons (Fsp3) is 0.176. The van der Waals surface area contributed by atoms with Crippen LogP contribution in [0.1, 0.15) is 25.5 Å². The molecule has 0 atom stereocenters. The van der Waals surface area contributed by atoms with Crippen LogP contribution in [-0.4, -0.2) is 9.97 Å². The van der Waals surface area contributed by atoms with E-state index < -0.39 is 11.6 Å². The Kier molecular flexibility index (Phi) is 4.80. The number of rotatable bonds is 2. The van der Waals surface area contributed by atoms with Crippen molar-refractivity contribution in [1.82, 2.24) is 9.97 Å². The third-order valence-electron chi connectivity index (χ3n) is 3.56. The van der Waals surface area contributed by atoms with Gasteiger partial charge in [0.25, 0.3) is 0 Å². The van der Waals surface area contributed by atoms with Gasteiger partial charge >= 0.3 is 0 Å². The van der Waals surface area contributed by atoms with Crippen molar-refractivity contribution in [2.75, 3.05) is 5.73 Å². The summed E-state index contributed by atoms with van der Waals surface area (Å²) in [5.74, 6) is -0.591. The molecule has 6 heteroatoms. The molecule has 3 rings (SSSR count). The Balaban J connectivity index is 0.00000192. The van der Waals surface area contributed by atoms with Gasteiger partial charge < -0.3 is 5.73 Å². The summed E-state index contributed by atoms with van der Waals surface area (Å²) in [7, 11) is 0. The van der Waals surface area contributed by atoms with Crippen LogP contribution in [0.2, 0.25) is 0 Å². The van der Waals surface area contributed by atoms with Gasteiger partial charge in [0.1, 0.15) is 11.6 Å². The predicted octanol–water partition coefficient (Wildman–Crippen LogP) is 4.70. The highest BCUT2D eigenvalue weighted by Gasteiger charge is 2.13. The number of anilines is 1. The van der Waals surface area contributed by atoms with Gasteiger partial charge in [0.05, 0.1) is 5.69 Å². The smallest absolute Gasteiger partial charge is 0.220 e. The Hall–Kier alpha value is -2.27. The second-order valence-corrected chi connectivity index (χ2v) is 5.48. The molecule has 0 aliphatic heterocycles. The maximum Gasteiger partial charge on any atom is 0.220 e. The number of aromatic nitrogens is 2. The first-order valence-corrected chi connectivity index (χ1v) is 6.98. The molecule has 0 radical (unpaired) electrons. The molecule has 0 unspecified atom stereocenters. The summed E-state index contributed by atoms with van der Waals surface area (Å²) in [6, 6.07) is 8.81. The van der Waals surface area contributed by atoms with Crippen molar-refractivity contribution in [3.05, 3.63) is 53.7 Å². The van der Waals surface area contributed by atoms with Crippen molar-refractivity contribution in [1.29, 1.82) is 0 Å². The number of nitrogen functional groups attached to an aromatic ring is 1. The second kappa shape index (κ2) is 6.46. The molecule has 120 valence electrons. The first-order valence-electron chi connectivity index (χ1n) is 6.98. The van der Waals surface area contributed by atoms with E-state index in [1.165, 1.54) is 18.2 Å². The van der Waals surface area contributed by atoms with Gasteiger partial charge in [-0.1, -0.05) is 19.9 Å². The number of nitrogens with zero attached hydrogens (tertiary/aromatic N) is 2. The lowest BCUT2D eigenvalue weighted by Crippen LogP contribution is -2.02. The zero-order valence-electron chi connectivity index (χ0n) is 12.7. The highest BCUT2D eigenvalue weighted by atomic mass is 35.5. The molecule has 2 N–H and O–H groups in total. The largest absolute Gasteiger partial charge is 0.368 e. The van der Waals surface area contributed by atoms with Crippen molar-refractivity contribution in [3.8, 4) is 11.3 Å². The lowest BCUT2D eigenvalue weighted by atomic mass is 10.00. The van der Waals surface area contributed by atoms with Gasteiger partial charge in [0, 0.05) is 16.6 Å². The van der Waals surface area contributed by atoms with Crippen molar-refractivity contribution >= 4 is 29.1 Å². The topological polar surface area (TPSA) is 51.8 Å². The molecule has 0 spiro atoms. The lowest BCUT2D eigenvalue weighted by Gasteiger charge is -2.11. The molecule has 0 aliphatic carbocycles. The van der Waals surface area contributed by atoms with E-state index in [1.807, 2.05) is 19.9 Å². The number of hydrogen-bond donors (Lipinski definition) is 1. The van der Waals surface area contributed by atoms with Crippen LogP contribution in [-0.2, 0) is 0 Å². The Morgan fingerprint density at radius 2 is 1.70 bits per heavy atom. The number of fused-ring (bicyclic) bond motifs is 1. The first-order chi connectivity index (χ1) is 10.5. The SMILES string of the molecule is CC(C)c1cc(-c2ccc(F)c3cc(F)ccc23)nc(N)n1.Cl. The zero-order chi connectivity index (χ0) is 15.9. The van der Waals surface area contributed by atoms with Crippen LogP contribution in [0.15, 0.2) is 36.4 Å². The van der Waals surface area contributed by atoms with Crippen molar-refractivity contribution in [2.24, 2.45) is 0 Å². The molecule has 23 heavy (non-hydrogen) atoms. The summed E-state index contributed by atoms with van der Waals surface area (Å²) < 4.78 is 27.3. The molecule has 0 bridgehead atoms. The zero-order valence-corrected chi connectivity index (χ0v) is 13.5. The fourth-order valence-electron chi connectivity index (χ4n) is 2.43. The molecular formula is C17H16ClF2N3. The summed E-state index contributed by atoms with van der Waals surface area (Å²) in [6.07, 6.45) is 0. The Labute approximate surface area is 139 Å². The van der Waals surface area contributed by atoms with E-state index in [2.05, 4.69) is 9.97 Å². The van der Waals surface area contributed by atoms with Crippen LogP contribution >= 0.6 is 12.4 Å². The molecule has 0 saturated heterocycles.